The van der Waals surface area contributed by atoms with Crippen molar-refractivity contribution in [3.05, 3.63) is 34.4 Å². The first kappa shape index (κ1) is 17.0. The third-order valence-corrected chi connectivity index (χ3v) is 4.79. The van der Waals surface area contributed by atoms with Gasteiger partial charge in [0, 0.05) is 18.1 Å². The zero-order valence-electron chi connectivity index (χ0n) is 13.5. The van der Waals surface area contributed by atoms with E-state index in [2.05, 4.69) is 0 Å². The highest BCUT2D eigenvalue weighted by Gasteiger charge is 2.44. The van der Waals surface area contributed by atoms with Crippen molar-refractivity contribution in [1.29, 1.82) is 0 Å². The first-order valence-corrected chi connectivity index (χ1v) is 8.03. The van der Waals surface area contributed by atoms with Crippen LogP contribution >= 0.6 is 0 Å². The van der Waals surface area contributed by atoms with Gasteiger partial charge in [-0.3, -0.25) is 29.4 Å². The Morgan fingerprint density at radius 2 is 1.92 bits per heavy atom. The van der Waals surface area contributed by atoms with Gasteiger partial charge in [0.15, 0.2) is 0 Å². The van der Waals surface area contributed by atoms with E-state index in [0.717, 1.165) is 4.90 Å². The molecule has 9 nitrogen and oxygen atoms in total. The number of likely N-dealkylation sites (tertiary alicyclic amines) is 1. The van der Waals surface area contributed by atoms with Crippen LogP contribution in [0.3, 0.4) is 0 Å². The van der Waals surface area contributed by atoms with Crippen molar-refractivity contribution in [2.45, 2.75) is 25.3 Å². The molecule has 25 heavy (non-hydrogen) atoms. The number of imide groups is 1. The Morgan fingerprint density at radius 1 is 1.24 bits per heavy atom. The van der Waals surface area contributed by atoms with Gasteiger partial charge < -0.3 is 5.73 Å². The lowest BCUT2D eigenvalue weighted by Crippen LogP contribution is -2.47. The molecule has 2 aliphatic rings. The molecule has 132 valence electrons. The Labute approximate surface area is 143 Å². The van der Waals surface area contributed by atoms with E-state index in [9.17, 15) is 24.5 Å². The van der Waals surface area contributed by atoms with Crippen LogP contribution in [0, 0.1) is 16.0 Å². The first-order valence-electron chi connectivity index (χ1n) is 8.03. The normalized spacial score (nSPS) is 22.4. The maximum absolute atomic E-state index is 12.7. The van der Waals surface area contributed by atoms with Crippen LogP contribution < -0.4 is 10.6 Å². The molecule has 2 N–H and O–H groups in total. The summed E-state index contributed by atoms with van der Waals surface area (Å²) in [7, 11) is 0. The molecule has 0 aliphatic carbocycles. The predicted octanol–water partition coefficient (Wildman–Crippen LogP) is 0.424. The highest BCUT2D eigenvalue weighted by molar-refractivity contribution is 6.22. The Balaban J connectivity index is 1.76. The Hall–Kier alpha value is -2.81. The Bertz CT molecular complexity index is 742. The smallest absolute Gasteiger partial charge is 0.271 e. The molecule has 1 aromatic carbocycles. The minimum absolute atomic E-state index is 0.0305. The molecular weight excluding hydrogens is 328 g/mol. The zero-order chi connectivity index (χ0) is 18.1. The van der Waals surface area contributed by atoms with Crippen molar-refractivity contribution < 1.29 is 19.3 Å². The van der Waals surface area contributed by atoms with Crippen molar-refractivity contribution in [2.24, 2.45) is 11.7 Å². The van der Waals surface area contributed by atoms with Gasteiger partial charge in [-0.25, -0.2) is 4.90 Å². The molecular formula is C16H18N4O5. The number of primary amides is 1. The van der Waals surface area contributed by atoms with E-state index < -0.39 is 11.0 Å². The lowest BCUT2D eigenvalue weighted by molar-refractivity contribution is -0.384. The number of piperidine rings is 1. The van der Waals surface area contributed by atoms with Crippen LogP contribution in [0.1, 0.15) is 19.3 Å². The van der Waals surface area contributed by atoms with Gasteiger partial charge in [0.25, 0.3) is 11.6 Å². The maximum Gasteiger partial charge on any atom is 0.271 e. The standard InChI is InChI=1S/C16H18N4O5/c17-15(22)10-4-6-18(7-5-10)13-9-14(21)19(16(13)23)11-2-1-3-12(8-11)20(24)25/h1-3,8,10,13H,4-7,9H2,(H2,17,22)/t13-/m0/s1. The number of nitro groups is 1. The number of hydrogen-bond donors (Lipinski definition) is 1. The zero-order valence-corrected chi connectivity index (χ0v) is 13.5. The molecule has 2 aliphatic heterocycles. The molecule has 0 spiro atoms. The SMILES string of the molecule is NC(=O)C1CCN([C@H]2CC(=O)N(c3cccc([N+](=O)[O-])c3)C2=O)CC1. The molecule has 0 aromatic heterocycles. The predicted molar refractivity (Wildman–Crippen MR) is 87.5 cm³/mol. The summed E-state index contributed by atoms with van der Waals surface area (Å²) in [6.07, 6.45) is 1.15. The molecule has 2 heterocycles. The molecule has 0 unspecified atom stereocenters. The van der Waals surface area contributed by atoms with Gasteiger partial charge in [-0.2, -0.15) is 0 Å². The van der Waals surface area contributed by atoms with Crippen molar-refractivity contribution in [3.63, 3.8) is 0 Å². The van der Waals surface area contributed by atoms with Gasteiger partial charge in [0.05, 0.1) is 23.1 Å². The largest absolute Gasteiger partial charge is 0.369 e. The van der Waals surface area contributed by atoms with Crippen LogP contribution in [0.2, 0.25) is 0 Å². The van der Waals surface area contributed by atoms with Gasteiger partial charge >= 0.3 is 0 Å². The molecule has 2 saturated heterocycles. The fourth-order valence-corrected chi connectivity index (χ4v) is 3.41. The summed E-state index contributed by atoms with van der Waals surface area (Å²) >= 11 is 0. The number of carbonyl (C=O) groups is 3. The fourth-order valence-electron chi connectivity index (χ4n) is 3.41. The number of amides is 3. The number of rotatable bonds is 4. The van der Waals surface area contributed by atoms with E-state index in [1.165, 1.54) is 24.3 Å². The molecule has 3 amide bonds. The van der Waals surface area contributed by atoms with Crippen LogP contribution in [-0.4, -0.2) is 46.7 Å². The van der Waals surface area contributed by atoms with Crippen molar-refractivity contribution >= 4 is 29.1 Å². The van der Waals surface area contributed by atoms with Crippen LogP contribution in [-0.2, 0) is 14.4 Å². The number of non-ortho nitro benzene ring substituents is 1. The number of carbonyl (C=O) groups excluding carboxylic acids is 3. The third kappa shape index (κ3) is 3.22. The fraction of sp³-hybridized carbons (Fsp3) is 0.438. The van der Waals surface area contributed by atoms with Gasteiger partial charge in [-0.05, 0) is 32.0 Å². The minimum Gasteiger partial charge on any atom is -0.369 e. The van der Waals surface area contributed by atoms with E-state index in [-0.39, 0.29) is 41.4 Å². The highest BCUT2D eigenvalue weighted by atomic mass is 16.6. The molecule has 3 rings (SSSR count). The Kier molecular flexibility index (Phi) is 4.49. The van der Waals surface area contributed by atoms with Crippen LogP contribution in [0.25, 0.3) is 0 Å². The number of benzene rings is 1. The number of anilines is 1. The topological polar surface area (TPSA) is 127 Å². The third-order valence-electron chi connectivity index (χ3n) is 4.79. The molecule has 1 atom stereocenters. The number of nitro benzene ring substituents is 1. The van der Waals surface area contributed by atoms with Crippen molar-refractivity contribution in [3.8, 4) is 0 Å². The van der Waals surface area contributed by atoms with E-state index in [4.69, 9.17) is 5.73 Å². The van der Waals surface area contributed by atoms with Crippen LogP contribution in [0.4, 0.5) is 11.4 Å². The Morgan fingerprint density at radius 3 is 2.52 bits per heavy atom. The first-order chi connectivity index (χ1) is 11.9. The molecule has 0 bridgehead atoms. The number of nitrogens with zero attached hydrogens (tertiary/aromatic N) is 3. The van der Waals surface area contributed by atoms with E-state index >= 15 is 0 Å². The maximum atomic E-state index is 12.7. The van der Waals surface area contributed by atoms with Crippen LogP contribution in [0.15, 0.2) is 24.3 Å². The van der Waals surface area contributed by atoms with Gasteiger partial charge in [0.2, 0.25) is 11.8 Å². The van der Waals surface area contributed by atoms with E-state index in [1.54, 1.807) is 0 Å². The molecule has 1 aromatic rings. The average molecular weight is 346 g/mol. The highest BCUT2D eigenvalue weighted by Crippen LogP contribution is 2.30. The average Bonchev–Trinajstić information content (AvgIpc) is 2.89. The summed E-state index contributed by atoms with van der Waals surface area (Å²) in [5.74, 6) is -1.31. The van der Waals surface area contributed by atoms with Gasteiger partial charge in [-0.1, -0.05) is 6.07 Å². The lowest BCUT2D eigenvalue weighted by Gasteiger charge is -2.33. The summed E-state index contributed by atoms with van der Waals surface area (Å²) in [5, 5.41) is 10.9. The second-order valence-electron chi connectivity index (χ2n) is 6.28. The second-order valence-corrected chi connectivity index (χ2v) is 6.28. The molecule has 0 radical (unpaired) electrons. The number of hydrogen-bond acceptors (Lipinski definition) is 6. The quantitative estimate of drug-likeness (QED) is 0.478. The van der Waals surface area contributed by atoms with Crippen LogP contribution in [0.5, 0.6) is 0 Å². The second kappa shape index (κ2) is 6.60. The molecule has 2 fully saturated rings. The van der Waals surface area contributed by atoms with Gasteiger partial charge in [-0.15, -0.1) is 0 Å². The minimum atomic E-state index is -0.597. The summed E-state index contributed by atoms with van der Waals surface area (Å²) in [4.78, 5) is 49.5. The summed E-state index contributed by atoms with van der Waals surface area (Å²) in [6.45, 7) is 1.03. The summed E-state index contributed by atoms with van der Waals surface area (Å²) in [5.41, 5.74) is 5.34. The monoisotopic (exact) mass is 346 g/mol. The lowest BCUT2D eigenvalue weighted by atomic mass is 9.95. The summed E-state index contributed by atoms with van der Waals surface area (Å²) in [6, 6.07) is 4.88. The van der Waals surface area contributed by atoms with Crippen molar-refractivity contribution in [1.82, 2.24) is 4.90 Å². The van der Waals surface area contributed by atoms with E-state index in [0.29, 0.717) is 25.9 Å². The van der Waals surface area contributed by atoms with Gasteiger partial charge in [0.1, 0.15) is 0 Å². The van der Waals surface area contributed by atoms with E-state index in [1.807, 2.05) is 4.90 Å². The number of nitrogens with two attached hydrogens (primary N) is 1. The molecule has 9 heteroatoms. The molecule has 0 saturated carbocycles. The summed E-state index contributed by atoms with van der Waals surface area (Å²) < 4.78 is 0. The van der Waals surface area contributed by atoms with Crippen molar-refractivity contribution in [2.75, 3.05) is 18.0 Å².